The Morgan fingerprint density at radius 3 is 2.07 bits per heavy atom. The number of halogens is 1. The van der Waals surface area contributed by atoms with Gasteiger partial charge in [0, 0.05) is 25.7 Å². The van der Waals surface area contributed by atoms with E-state index in [-0.39, 0.29) is 41.5 Å². The highest BCUT2D eigenvalue weighted by Crippen LogP contribution is 2.64. The van der Waals surface area contributed by atoms with Gasteiger partial charge in [-0.2, -0.15) is 10.2 Å². The summed E-state index contributed by atoms with van der Waals surface area (Å²) in [5, 5.41) is 19.4. The lowest BCUT2D eigenvalue weighted by atomic mass is 9.51. The molecule has 4 amide bonds. The number of hydrogen-bond donors (Lipinski definition) is 1. The van der Waals surface area contributed by atoms with Crippen molar-refractivity contribution in [1.82, 2.24) is 0 Å². The Morgan fingerprint density at radius 2 is 1.44 bits per heavy atom. The summed E-state index contributed by atoms with van der Waals surface area (Å²) in [5.74, 6) is -4.48. The minimum Gasteiger partial charge on any atom is -0.503 e. The summed E-state index contributed by atoms with van der Waals surface area (Å²) in [4.78, 5) is 62.2. The molecule has 2 heterocycles. The number of imide groups is 2. The topological polar surface area (TPSA) is 132 Å². The zero-order valence-corrected chi connectivity index (χ0v) is 31.7. The summed E-state index contributed by atoms with van der Waals surface area (Å²) in [7, 11) is 5.38. The van der Waals surface area contributed by atoms with Gasteiger partial charge in [-0.3, -0.25) is 24.1 Å². The first-order valence-corrected chi connectivity index (χ1v) is 18.6. The van der Waals surface area contributed by atoms with Gasteiger partial charge in [0.1, 0.15) is 0 Å². The lowest BCUT2D eigenvalue weighted by Gasteiger charge is -2.49. The molecule has 2 saturated heterocycles. The lowest BCUT2D eigenvalue weighted by molar-refractivity contribution is -0.131. The number of fused-ring (bicyclic) bond motifs is 4. The number of anilines is 3. The molecule has 54 heavy (non-hydrogen) atoms. The van der Waals surface area contributed by atoms with Gasteiger partial charge in [0.05, 0.1) is 57.5 Å². The minimum atomic E-state index is -1.23. The Labute approximate surface area is 321 Å². The Hall–Kier alpha value is -5.62. The summed E-state index contributed by atoms with van der Waals surface area (Å²) in [5.41, 5.74) is 3.47. The van der Waals surface area contributed by atoms with E-state index in [4.69, 9.17) is 4.74 Å². The molecular weight excluding hydrogens is 750 g/mol. The van der Waals surface area contributed by atoms with E-state index in [1.54, 1.807) is 60.7 Å². The zero-order chi connectivity index (χ0) is 38.1. The van der Waals surface area contributed by atoms with Crippen LogP contribution in [0.4, 0.5) is 28.4 Å². The van der Waals surface area contributed by atoms with Crippen LogP contribution in [0.1, 0.15) is 31.2 Å². The second kappa shape index (κ2) is 13.3. The molecule has 2 aliphatic carbocycles. The SMILES string of the molecule is COc1cc([C@H]2C3=CC[C@@H]4C(=O)N(c5ccc(N=Nc6ccc(N(C)C)cc6)cc5)C(=O)[C@@H]4[C@@H]3C[C@H]3C(=O)N(c4ccccc4)C(=O)[C@@]23C)cc(Br)c1O. The summed E-state index contributed by atoms with van der Waals surface area (Å²) in [6, 6.07) is 26.8. The molecule has 1 saturated carbocycles. The van der Waals surface area contributed by atoms with Crippen molar-refractivity contribution in [2.24, 2.45) is 39.3 Å². The third-order valence-corrected chi connectivity index (χ3v) is 12.3. The molecule has 4 aromatic carbocycles. The molecule has 0 spiro atoms. The number of phenolic OH excluding ortho intramolecular Hbond substituents is 1. The average Bonchev–Trinajstić information content (AvgIpc) is 3.55. The number of hydrogen-bond acceptors (Lipinski definition) is 9. The van der Waals surface area contributed by atoms with E-state index >= 15 is 0 Å². The highest BCUT2D eigenvalue weighted by Gasteiger charge is 2.67. The van der Waals surface area contributed by atoms with Gasteiger partial charge in [-0.05, 0) is 120 Å². The number of carbonyl (C=O) groups excluding carboxylic acids is 4. The van der Waals surface area contributed by atoms with Gasteiger partial charge in [-0.25, -0.2) is 4.90 Å². The number of para-hydroxylation sites is 1. The smallest absolute Gasteiger partial charge is 0.241 e. The minimum absolute atomic E-state index is 0.0916. The van der Waals surface area contributed by atoms with Crippen LogP contribution in [0.3, 0.4) is 0 Å². The molecule has 4 aromatic rings. The Bertz CT molecular complexity index is 2260. The van der Waals surface area contributed by atoms with Crippen molar-refractivity contribution >= 4 is 68.0 Å². The first-order chi connectivity index (χ1) is 25.9. The number of aromatic hydroxyl groups is 1. The number of allylic oxidation sites excluding steroid dienone is 2. The van der Waals surface area contributed by atoms with E-state index in [9.17, 15) is 24.3 Å². The Kier molecular flexibility index (Phi) is 8.75. The van der Waals surface area contributed by atoms with Crippen molar-refractivity contribution in [3.05, 3.63) is 113 Å². The van der Waals surface area contributed by atoms with Gasteiger partial charge < -0.3 is 14.7 Å². The van der Waals surface area contributed by atoms with Gasteiger partial charge in [0.2, 0.25) is 23.6 Å². The molecule has 12 heteroatoms. The predicted molar refractivity (Wildman–Crippen MR) is 207 cm³/mol. The predicted octanol–water partition coefficient (Wildman–Crippen LogP) is 8.08. The van der Waals surface area contributed by atoms with Crippen LogP contribution in [0.5, 0.6) is 11.5 Å². The van der Waals surface area contributed by atoms with E-state index in [1.165, 1.54) is 16.9 Å². The van der Waals surface area contributed by atoms with E-state index < -0.39 is 35.0 Å². The third kappa shape index (κ3) is 5.45. The lowest BCUT2D eigenvalue weighted by Crippen LogP contribution is -2.48. The fourth-order valence-corrected chi connectivity index (χ4v) is 9.45. The molecule has 2 aliphatic heterocycles. The van der Waals surface area contributed by atoms with Crippen LogP contribution in [0.2, 0.25) is 0 Å². The van der Waals surface area contributed by atoms with Crippen LogP contribution in [0.15, 0.2) is 117 Å². The van der Waals surface area contributed by atoms with Crippen LogP contribution < -0.4 is 19.4 Å². The number of phenols is 1. The monoisotopic (exact) mass is 787 g/mol. The van der Waals surface area contributed by atoms with Crippen LogP contribution in [-0.2, 0) is 19.2 Å². The average molecular weight is 789 g/mol. The number of azo groups is 1. The van der Waals surface area contributed by atoms with E-state index in [0.29, 0.717) is 39.2 Å². The Balaban J connectivity index is 1.14. The maximum absolute atomic E-state index is 14.7. The second-order valence-electron chi connectivity index (χ2n) is 14.7. The molecule has 0 radical (unpaired) electrons. The fraction of sp³-hybridized carbons (Fsp3) is 0.286. The summed E-state index contributed by atoms with van der Waals surface area (Å²) >= 11 is 3.46. The maximum atomic E-state index is 14.7. The van der Waals surface area contributed by atoms with Gasteiger partial charge in [-0.15, -0.1) is 0 Å². The molecule has 1 N–H and O–H groups in total. The quantitative estimate of drug-likeness (QED) is 0.114. The maximum Gasteiger partial charge on any atom is 0.241 e. The zero-order valence-electron chi connectivity index (χ0n) is 30.1. The summed E-state index contributed by atoms with van der Waals surface area (Å²) in [6.07, 6.45) is 2.53. The molecule has 0 aromatic heterocycles. The van der Waals surface area contributed by atoms with E-state index in [1.807, 2.05) is 62.3 Å². The molecular formula is C42H38BrN5O6. The molecule has 4 aliphatic rings. The van der Waals surface area contributed by atoms with Crippen molar-refractivity contribution in [2.45, 2.75) is 25.7 Å². The van der Waals surface area contributed by atoms with Crippen LogP contribution in [-0.4, -0.2) is 49.9 Å². The van der Waals surface area contributed by atoms with Crippen molar-refractivity contribution in [1.29, 1.82) is 0 Å². The summed E-state index contributed by atoms with van der Waals surface area (Å²) in [6.45, 7) is 1.83. The van der Waals surface area contributed by atoms with Gasteiger partial charge in [0.25, 0.3) is 0 Å². The molecule has 11 nitrogen and oxygen atoms in total. The van der Waals surface area contributed by atoms with Gasteiger partial charge in [-0.1, -0.05) is 29.8 Å². The van der Waals surface area contributed by atoms with Crippen molar-refractivity contribution < 1.29 is 29.0 Å². The molecule has 274 valence electrons. The second-order valence-corrected chi connectivity index (χ2v) is 15.5. The normalized spacial score (nSPS) is 26.2. The number of nitrogens with zero attached hydrogens (tertiary/aromatic N) is 5. The number of benzene rings is 4. The number of amides is 4. The van der Waals surface area contributed by atoms with Crippen LogP contribution >= 0.6 is 15.9 Å². The molecule has 8 rings (SSSR count). The summed E-state index contributed by atoms with van der Waals surface area (Å²) < 4.78 is 5.89. The first kappa shape index (κ1) is 35.4. The molecule has 6 atom stereocenters. The number of carbonyl (C=O) groups is 4. The standard InChI is InChI=1S/C42H38BrN5O6/c1-42-32(39(51)48(41(42)53)27-8-6-5-7-9-27)22-31-29(36(42)23-20-33(43)37(49)34(21-23)54-4)18-19-30-35(31)40(52)47(38(30)50)28-16-12-25(13-17-28)45-44-24-10-14-26(15-11-24)46(2)3/h5-18,20-21,30-32,35-36,49H,19,22H2,1-4H3/t30-,31+,32-,35-,36-,42+/m0/s1. The van der Waals surface area contributed by atoms with Crippen molar-refractivity contribution in [3.8, 4) is 11.5 Å². The number of methoxy groups -OCH3 is 1. The number of rotatable bonds is 7. The first-order valence-electron chi connectivity index (χ1n) is 17.8. The number of ether oxygens (including phenoxy) is 1. The van der Waals surface area contributed by atoms with Crippen LogP contribution in [0.25, 0.3) is 0 Å². The van der Waals surface area contributed by atoms with E-state index in [2.05, 4.69) is 26.2 Å². The van der Waals surface area contributed by atoms with Crippen molar-refractivity contribution in [2.75, 3.05) is 35.9 Å². The van der Waals surface area contributed by atoms with E-state index in [0.717, 1.165) is 11.3 Å². The third-order valence-electron chi connectivity index (χ3n) is 11.6. The molecule has 0 unspecified atom stereocenters. The van der Waals surface area contributed by atoms with Crippen molar-refractivity contribution in [3.63, 3.8) is 0 Å². The molecule has 0 bridgehead atoms. The highest BCUT2D eigenvalue weighted by atomic mass is 79.9. The highest BCUT2D eigenvalue weighted by molar-refractivity contribution is 9.10. The molecule has 3 fully saturated rings. The van der Waals surface area contributed by atoms with Crippen LogP contribution in [0, 0.1) is 29.1 Å². The van der Waals surface area contributed by atoms with Gasteiger partial charge in [0.15, 0.2) is 11.5 Å². The van der Waals surface area contributed by atoms with Gasteiger partial charge >= 0.3 is 0 Å². The largest absolute Gasteiger partial charge is 0.503 e. The Morgan fingerprint density at radius 1 is 0.815 bits per heavy atom. The fourth-order valence-electron chi connectivity index (χ4n) is 8.99.